The first-order valence-corrected chi connectivity index (χ1v) is 6.69. The summed E-state index contributed by atoms with van der Waals surface area (Å²) >= 11 is 0. The Morgan fingerprint density at radius 3 is 3.05 bits per heavy atom. The fourth-order valence-corrected chi connectivity index (χ4v) is 2.34. The second kappa shape index (κ2) is 6.35. The van der Waals surface area contributed by atoms with Crippen LogP contribution in [0.15, 0.2) is 24.3 Å². The molecule has 0 spiro atoms. The van der Waals surface area contributed by atoms with Crippen LogP contribution in [0.3, 0.4) is 0 Å². The van der Waals surface area contributed by atoms with Gasteiger partial charge in [-0.25, -0.2) is 0 Å². The summed E-state index contributed by atoms with van der Waals surface area (Å²) in [6.45, 7) is 4.45. The smallest absolute Gasteiger partial charge is 0.222 e. The maximum Gasteiger partial charge on any atom is 0.222 e. The van der Waals surface area contributed by atoms with E-state index in [1.54, 1.807) is 6.07 Å². The first-order valence-electron chi connectivity index (χ1n) is 6.69. The fraction of sp³-hybridized carbons (Fsp3) is 0.467. The molecule has 1 heterocycles. The third kappa shape index (κ3) is 3.80. The average Bonchev–Trinajstić information content (AvgIpc) is 2.82. The van der Waals surface area contributed by atoms with Crippen molar-refractivity contribution in [2.75, 3.05) is 13.1 Å². The molecule has 1 saturated heterocycles. The molecule has 0 saturated carbocycles. The third-order valence-electron chi connectivity index (χ3n) is 3.38. The van der Waals surface area contributed by atoms with Gasteiger partial charge in [0.25, 0.3) is 0 Å². The maximum atomic E-state index is 11.5. The normalized spacial score (nSPS) is 16.4. The Hall–Kier alpha value is -1.86. The number of nitriles is 1. The van der Waals surface area contributed by atoms with Crippen molar-refractivity contribution < 1.29 is 4.79 Å². The van der Waals surface area contributed by atoms with Crippen LogP contribution in [0, 0.1) is 11.3 Å². The van der Waals surface area contributed by atoms with E-state index in [4.69, 9.17) is 5.26 Å². The molecule has 2 rings (SSSR count). The zero-order valence-electron chi connectivity index (χ0n) is 11.2. The predicted octanol–water partition coefficient (Wildman–Crippen LogP) is 1.66. The van der Waals surface area contributed by atoms with Gasteiger partial charge in [-0.1, -0.05) is 12.1 Å². The van der Waals surface area contributed by atoms with Gasteiger partial charge in [0.1, 0.15) is 0 Å². The van der Waals surface area contributed by atoms with E-state index in [9.17, 15) is 4.79 Å². The van der Waals surface area contributed by atoms with Crippen molar-refractivity contribution in [3.05, 3.63) is 35.4 Å². The number of benzene rings is 1. The van der Waals surface area contributed by atoms with Crippen LogP contribution in [-0.4, -0.2) is 29.9 Å². The number of carbonyl (C=O) groups is 1. The van der Waals surface area contributed by atoms with Crippen LogP contribution in [0.25, 0.3) is 0 Å². The molecule has 0 aromatic heterocycles. The monoisotopic (exact) mass is 257 g/mol. The number of likely N-dealkylation sites (tertiary alicyclic amines) is 1. The van der Waals surface area contributed by atoms with Crippen molar-refractivity contribution in [2.24, 2.45) is 0 Å². The number of nitrogens with one attached hydrogen (secondary N) is 1. The number of carbonyl (C=O) groups excluding carboxylic acids is 1. The lowest BCUT2D eigenvalue weighted by molar-refractivity contribution is -0.127. The minimum Gasteiger partial charge on any atom is -0.341 e. The summed E-state index contributed by atoms with van der Waals surface area (Å²) in [6, 6.07) is 9.98. The van der Waals surface area contributed by atoms with Crippen molar-refractivity contribution in [3.63, 3.8) is 0 Å². The topological polar surface area (TPSA) is 56.1 Å². The van der Waals surface area contributed by atoms with E-state index in [2.05, 4.69) is 18.3 Å². The van der Waals surface area contributed by atoms with Crippen molar-refractivity contribution in [1.82, 2.24) is 10.2 Å². The number of hydrogen-bond acceptors (Lipinski definition) is 3. The summed E-state index contributed by atoms with van der Waals surface area (Å²) < 4.78 is 0. The molecule has 1 fully saturated rings. The lowest BCUT2D eigenvalue weighted by Crippen LogP contribution is -2.39. The van der Waals surface area contributed by atoms with E-state index < -0.39 is 0 Å². The van der Waals surface area contributed by atoms with E-state index >= 15 is 0 Å². The standard InChI is InChI=1S/C15H19N3O/c1-12(11-18-7-3-6-15(18)19)17-10-14-5-2-4-13(8-14)9-16/h2,4-5,8,12,17H,3,6-7,10-11H2,1H3/t12-/m0/s1. The Morgan fingerprint density at radius 2 is 2.37 bits per heavy atom. The molecule has 0 radical (unpaired) electrons. The minimum absolute atomic E-state index is 0.257. The van der Waals surface area contributed by atoms with Crippen molar-refractivity contribution >= 4 is 5.91 Å². The second-order valence-corrected chi connectivity index (χ2v) is 5.04. The van der Waals surface area contributed by atoms with Crippen LogP contribution in [0.1, 0.15) is 30.9 Å². The summed E-state index contributed by atoms with van der Waals surface area (Å²) in [6.07, 6.45) is 1.67. The van der Waals surface area contributed by atoms with Crippen molar-refractivity contribution in [2.45, 2.75) is 32.4 Å². The van der Waals surface area contributed by atoms with Crippen LogP contribution < -0.4 is 5.32 Å². The molecule has 0 bridgehead atoms. The molecule has 0 aliphatic carbocycles. The summed E-state index contributed by atoms with van der Waals surface area (Å²) in [5.74, 6) is 0.264. The average molecular weight is 257 g/mol. The Balaban J connectivity index is 1.81. The van der Waals surface area contributed by atoms with Gasteiger partial charge in [0, 0.05) is 32.1 Å². The highest BCUT2D eigenvalue weighted by Gasteiger charge is 2.21. The van der Waals surface area contributed by atoms with Gasteiger partial charge < -0.3 is 10.2 Å². The Labute approximate surface area is 114 Å². The number of nitrogens with zero attached hydrogens (tertiary/aromatic N) is 2. The third-order valence-corrected chi connectivity index (χ3v) is 3.38. The molecule has 1 aliphatic heterocycles. The van der Waals surface area contributed by atoms with Gasteiger partial charge in [-0.05, 0) is 31.0 Å². The molecular formula is C15H19N3O. The van der Waals surface area contributed by atoms with Gasteiger partial charge in [-0.2, -0.15) is 5.26 Å². The van der Waals surface area contributed by atoms with E-state index in [0.29, 0.717) is 12.0 Å². The minimum atomic E-state index is 0.257. The molecule has 4 heteroatoms. The predicted molar refractivity (Wildman–Crippen MR) is 73.3 cm³/mol. The summed E-state index contributed by atoms with van der Waals surface area (Å²) in [5.41, 5.74) is 1.78. The molecule has 1 aliphatic rings. The van der Waals surface area contributed by atoms with Gasteiger partial charge in [0.15, 0.2) is 0 Å². The van der Waals surface area contributed by atoms with Crippen molar-refractivity contribution in [3.8, 4) is 6.07 Å². The molecule has 4 nitrogen and oxygen atoms in total. The molecule has 19 heavy (non-hydrogen) atoms. The number of rotatable bonds is 5. The van der Waals surface area contributed by atoms with E-state index in [1.807, 2.05) is 23.1 Å². The molecule has 100 valence electrons. The Bertz CT molecular complexity index is 492. The number of hydrogen-bond donors (Lipinski definition) is 1. The highest BCUT2D eigenvalue weighted by Crippen LogP contribution is 2.10. The largest absolute Gasteiger partial charge is 0.341 e. The second-order valence-electron chi connectivity index (χ2n) is 5.04. The van der Waals surface area contributed by atoms with Crippen molar-refractivity contribution in [1.29, 1.82) is 5.26 Å². The fourth-order valence-electron chi connectivity index (χ4n) is 2.34. The van der Waals surface area contributed by atoms with Crippen LogP contribution >= 0.6 is 0 Å². The molecule has 0 unspecified atom stereocenters. The van der Waals surface area contributed by atoms with Gasteiger partial charge in [-0.3, -0.25) is 4.79 Å². The number of amides is 1. The Morgan fingerprint density at radius 1 is 1.53 bits per heavy atom. The zero-order chi connectivity index (χ0) is 13.7. The first kappa shape index (κ1) is 13.6. The van der Waals surface area contributed by atoms with Gasteiger partial charge in [0.05, 0.1) is 11.6 Å². The van der Waals surface area contributed by atoms with Crippen LogP contribution in [0.5, 0.6) is 0 Å². The van der Waals surface area contributed by atoms with Gasteiger partial charge in [0.2, 0.25) is 5.91 Å². The lowest BCUT2D eigenvalue weighted by atomic mass is 10.1. The maximum absolute atomic E-state index is 11.5. The van der Waals surface area contributed by atoms with Crippen LogP contribution in [0.2, 0.25) is 0 Å². The van der Waals surface area contributed by atoms with E-state index in [-0.39, 0.29) is 11.9 Å². The molecular weight excluding hydrogens is 238 g/mol. The summed E-state index contributed by atoms with van der Waals surface area (Å²) in [7, 11) is 0. The highest BCUT2D eigenvalue weighted by molar-refractivity contribution is 5.78. The highest BCUT2D eigenvalue weighted by atomic mass is 16.2. The first-order chi connectivity index (χ1) is 9.19. The van der Waals surface area contributed by atoms with E-state index in [1.165, 1.54) is 0 Å². The van der Waals surface area contributed by atoms with E-state index in [0.717, 1.165) is 31.6 Å². The van der Waals surface area contributed by atoms with Crippen LogP contribution in [0.4, 0.5) is 0 Å². The SMILES string of the molecule is C[C@@H](CN1CCCC1=O)NCc1cccc(C#N)c1. The molecule has 1 aromatic carbocycles. The van der Waals surface area contributed by atoms with Crippen LogP contribution in [-0.2, 0) is 11.3 Å². The summed E-state index contributed by atoms with van der Waals surface area (Å²) in [5, 5.41) is 12.2. The zero-order valence-corrected chi connectivity index (χ0v) is 11.2. The quantitative estimate of drug-likeness (QED) is 0.872. The molecule has 1 N–H and O–H groups in total. The van der Waals surface area contributed by atoms with Gasteiger partial charge in [-0.15, -0.1) is 0 Å². The molecule has 1 aromatic rings. The lowest BCUT2D eigenvalue weighted by Gasteiger charge is -2.21. The molecule has 1 amide bonds. The van der Waals surface area contributed by atoms with Gasteiger partial charge >= 0.3 is 0 Å². The Kier molecular flexibility index (Phi) is 4.53. The summed E-state index contributed by atoms with van der Waals surface area (Å²) in [4.78, 5) is 13.4. The molecule has 1 atom stereocenters.